The molecule has 0 spiro atoms. The molecule has 1 aromatic heterocycles. The molecule has 3 aromatic rings. The van der Waals surface area contributed by atoms with Crippen LogP contribution >= 0.6 is 35.0 Å². The van der Waals surface area contributed by atoms with E-state index in [4.69, 9.17) is 23.2 Å². The molecule has 0 aliphatic heterocycles. The normalized spacial score (nSPS) is 11.7. The van der Waals surface area contributed by atoms with Crippen LogP contribution in [0.2, 0.25) is 10.0 Å². The van der Waals surface area contributed by atoms with Crippen LogP contribution in [0.4, 0.5) is 11.4 Å². The van der Waals surface area contributed by atoms with E-state index in [-0.39, 0.29) is 17.6 Å². The first kappa shape index (κ1) is 22.1. The van der Waals surface area contributed by atoms with Gasteiger partial charge in [-0.05, 0) is 48.9 Å². The van der Waals surface area contributed by atoms with Crippen LogP contribution in [0.25, 0.3) is 0 Å². The number of carbonyl (C=O) groups is 2. The molecular weight excluding hydrogens is 445 g/mol. The topological polar surface area (TPSA) is 88.9 Å². The number of halogens is 2. The first-order valence-corrected chi connectivity index (χ1v) is 10.9. The highest BCUT2D eigenvalue weighted by Gasteiger charge is 2.15. The average molecular weight is 464 g/mol. The molecule has 7 nitrogen and oxygen atoms in total. The van der Waals surface area contributed by atoms with Crippen molar-refractivity contribution in [2.24, 2.45) is 0 Å². The second-order valence-electron chi connectivity index (χ2n) is 6.39. The molecule has 1 unspecified atom stereocenters. The van der Waals surface area contributed by atoms with Crippen LogP contribution in [0.5, 0.6) is 0 Å². The third-order valence-electron chi connectivity index (χ3n) is 4.15. The number of nitrogens with one attached hydrogen (secondary N) is 2. The molecule has 0 saturated carbocycles. The molecule has 10 heteroatoms. The lowest BCUT2D eigenvalue weighted by atomic mass is 10.2. The fourth-order valence-electron chi connectivity index (χ4n) is 2.51. The molecule has 2 N–H and O–H groups in total. The molecule has 0 aliphatic rings. The number of aromatic nitrogens is 3. The van der Waals surface area contributed by atoms with E-state index >= 15 is 0 Å². The minimum absolute atomic E-state index is 0.123. The van der Waals surface area contributed by atoms with Crippen LogP contribution in [-0.4, -0.2) is 32.3 Å². The zero-order valence-corrected chi connectivity index (χ0v) is 18.3. The summed E-state index contributed by atoms with van der Waals surface area (Å²) in [6, 6.07) is 11.7. The van der Waals surface area contributed by atoms with Crippen molar-refractivity contribution in [1.29, 1.82) is 0 Å². The molecule has 1 atom stereocenters. The highest BCUT2D eigenvalue weighted by atomic mass is 35.5. The molecule has 0 aliphatic carbocycles. The van der Waals surface area contributed by atoms with Gasteiger partial charge in [-0.15, -0.1) is 11.8 Å². The summed E-state index contributed by atoms with van der Waals surface area (Å²) >= 11 is 13.5. The highest BCUT2D eigenvalue weighted by molar-refractivity contribution is 7.99. The van der Waals surface area contributed by atoms with Gasteiger partial charge in [0.15, 0.2) is 0 Å². The molecule has 30 heavy (non-hydrogen) atoms. The van der Waals surface area contributed by atoms with Crippen molar-refractivity contribution in [3.8, 4) is 0 Å². The quantitative estimate of drug-likeness (QED) is 0.507. The number of benzene rings is 2. The van der Waals surface area contributed by atoms with Gasteiger partial charge in [0.25, 0.3) is 0 Å². The standard InChI is InChI=1S/C20H19Cl2N5O2S/c1-13(27-12-23-11-24-27)20(29)26-17-6-4-16(5-7-17)25-19(28)10-30-9-14-2-3-15(21)8-18(14)22/h2-8,11-13H,9-10H2,1H3,(H,25,28)(H,26,29). The number of rotatable bonds is 8. The summed E-state index contributed by atoms with van der Waals surface area (Å²) in [6.07, 6.45) is 2.87. The van der Waals surface area contributed by atoms with Crippen molar-refractivity contribution >= 4 is 58.2 Å². The van der Waals surface area contributed by atoms with Crippen molar-refractivity contribution in [2.45, 2.75) is 18.7 Å². The Bertz CT molecular complexity index is 1010. The smallest absolute Gasteiger partial charge is 0.249 e. The van der Waals surface area contributed by atoms with Gasteiger partial charge >= 0.3 is 0 Å². The van der Waals surface area contributed by atoms with Gasteiger partial charge in [-0.2, -0.15) is 5.10 Å². The fraction of sp³-hybridized carbons (Fsp3) is 0.200. The molecular formula is C20H19Cl2N5O2S. The van der Waals surface area contributed by atoms with Gasteiger partial charge in [0.05, 0.1) is 5.75 Å². The Hall–Kier alpha value is -2.55. The number of anilines is 2. The van der Waals surface area contributed by atoms with Crippen LogP contribution in [0.3, 0.4) is 0 Å². The van der Waals surface area contributed by atoms with E-state index in [1.807, 2.05) is 6.07 Å². The number of carbonyl (C=O) groups excluding carboxylic acids is 2. The second kappa shape index (κ2) is 10.5. The van der Waals surface area contributed by atoms with Crippen molar-refractivity contribution in [3.63, 3.8) is 0 Å². The lowest BCUT2D eigenvalue weighted by molar-refractivity contribution is -0.119. The predicted molar refractivity (Wildman–Crippen MR) is 121 cm³/mol. The molecule has 1 heterocycles. The lowest BCUT2D eigenvalue weighted by Crippen LogP contribution is -2.24. The number of hydrogen-bond donors (Lipinski definition) is 2. The third-order valence-corrected chi connectivity index (χ3v) is 5.72. The largest absolute Gasteiger partial charge is 0.325 e. The summed E-state index contributed by atoms with van der Waals surface area (Å²) in [7, 11) is 0. The maximum absolute atomic E-state index is 12.3. The van der Waals surface area contributed by atoms with E-state index in [1.165, 1.54) is 29.1 Å². The maximum atomic E-state index is 12.3. The summed E-state index contributed by atoms with van der Waals surface area (Å²) in [5, 5.41) is 10.8. The van der Waals surface area contributed by atoms with Crippen LogP contribution < -0.4 is 10.6 Å². The molecule has 0 saturated heterocycles. The monoisotopic (exact) mass is 463 g/mol. The Morgan fingerprint density at radius 1 is 1.10 bits per heavy atom. The van der Waals surface area contributed by atoms with Gasteiger partial charge in [0.1, 0.15) is 18.7 Å². The number of nitrogens with zero attached hydrogens (tertiary/aromatic N) is 3. The van der Waals surface area contributed by atoms with Gasteiger partial charge in [0, 0.05) is 27.2 Å². The first-order chi connectivity index (χ1) is 14.4. The molecule has 3 rings (SSSR count). The van der Waals surface area contributed by atoms with Crippen molar-refractivity contribution in [2.75, 3.05) is 16.4 Å². The molecule has 156 valence electrons. The summed E-state index contributed by atoms with van der Waals surface area (Å²) in [4.78, 5) is 28.3. The van der Waals surface area contributed by atoms with Crippen molar-refractivity contribution in [3.05, 3.63) is 70.7 Å². The number of amides is 2. The Balaban J connectivity index is 1.45. The van der Waals surface area contributed by atoms with Gasteiger partial charge in [-0.3, -0.25) is 9.59 Å². The van der Waals surface area contributed by atoms with Gasteiger partial charge in [0.2, 0.25) is 11.8 Å². The van der Waals surface area contributed by atoms with Crippen LogP contribution in [0.15, 0.2) is 55.1 Å². The van der Waals surface area contributed by atoms with Crippen LogP contribution in [0.1, 0.15) is 18.5 Å². The van der Waals surface area contributed by atoms with Crippen molar-refractivity contribution in [1.82, 2.24) is 14.8 Å². The van der Waals surface area contributed by atoms with Gasteiger partial charge in [-0.1, -0.05) is 29.3 Å². The van der Waals surface area contributed by atoms with E-state index in [2.05, 4.69) is 20.7 Å². The summed E-state index contributed by atoms with van der Waals surface area (Å²) < 4.78 is 1.47. The Morgan fingerprint density at radius 3 is 2.43 bits per heavy atom. The minimum Gasteiger partial charge on any atom is -0.325 e. The Morgan fingerprint density at radius 2 is 1.80 bits per heavy atom. The summed E-state index contributed by atoms with van der Waals surface area (Å²) in [5.41, 5.74) is 2.20. The number of thioether (sulfide) groups is 1. The van der Waals surface area contributed by atoms with E-state index in [0.29, 0.717) is 27.2 Å². The predicted octanol–water partition coefficient (Wildman–Crippen LogP) is 4.66. The second-order valence-corrected chi connectivity index (χ2v) is 8.22. The fourth-order valence-corrected chi connectivity index (χ4v) is 3.90. The maximum Gasteiger partial charge on any atom is 0.249 e. The molecule has 2 aromatic carbocycles. The van der Waals surface area contributed by atoms with Crippen LogP contribution in [0, 0.1) is 0 Å². The SMILES string of the molecule is CC(C(=O)Nc1ccc(NC(=O)CSCc2ccc(Cl)cc2Cl)cc1)n1cncn1. The molecule has 0 bridgehead atoms. The zero-order chi connectivity index (χ0) is 21.5. The highest BCUT2D eigenvalue weighted by Crippen LogP contribution is 2.25. The lowest BCUT2D eigenvalue weighted by Gasteiger charge is -2.12. The van der Waals surface area contributed by atoms with E-state index in [0.717, 1.165) is 5.56 Å². The number of hydrogen-bond acceptors (Lipinski definition) is 5. The van der Waals surface area contributed by atoms with E-state index in [1.54, 1.807) is 43.3 Å². The van der Waals surface area contributed by atoms with E-state index < -0.39 is 6.04 Å². The zero-order valence-electron chi connectivity index (χ0n) is 16.0. The van der Waals surface area contributed by atoms with Gasteiger partial charge in [-0.25, -0.2) is 9.67 Å². The third kappa shape index (κ3) is 6.22. The van der Waals surface area contributed by atoms with E-state index in [9.17, 15) is 9.59 Å². The average Bonchev–Trinajstić information content (AvgIpc) is 3.25. The molecule has 0 fully saturated rings. The Labute approximate surface area is 188 Å². The first-order valence-electron chi connectivity index (χ1n) is 8.99. The Kier molecular flexibility index (Phi) is 7.73. The van der Waals surface area contributed by atoms with Gasteiger partial charge < -0.3 is 10.6 Å². The van der Waals surface area contributed by atoms with Crippen LogP contribution in [-0.2, 0) is 15.3 Å². The molecule has 2 amide bonds. The minimum atomic E-state index is -0.488. The summed E-state index contributed by atoms with van der Waals surface area (Å²) in [5.74, 6) is 0.557. The summed E-state index contributed by atoms with van der Waals surface area (Å²) in [6.45, 7) is 1.73. The van der Waals surface area contributed by atoms with Crippen molar-refractivity contribution < 1.29 is 9.59 Å². The molecule has 0 radical (unpaired) electrons.